The smallest absolute Gasteiger partial charge is 0.149 e. The van der Waals surface area contributed by atoms with Crippen molar-refractivity contribution in [3.05, 3.63) is 18.3 Å². The van der Waals surface area contributed by atoms with Crippen LogP contribution >= 0.6 is 0 Å². The lowest BCUT2D eigenvalue weighted by molar-refractivity contribution is 0.423. The highest BCUT2D eigenvalue weighted by Crippen LogP contribution is 2.26. The number of nitrogens with zero attached hydrogens (tertiary/aromatic N) is 1. The van der Waals surface area contributed by atoms with Gasteiger partial charge in [-0.15, -0.1) is 0 Å². The topological polar surface area (TPSA) is 37.0 Å². The van der Waals surface area contributed by atoms with Crippen molar-refractivity contribution in [1.82, 2.24) is 4.98 Å². The molecule has 1 aromatic rings. The van der Waals surface area contributed by atoms with Crippen LogP contribution in [0.2, 0.25) is 0 Å². The molecule has 0 radical (unpaired) electrons. The monoisotopic (exact) mass is 177 g/mol. The van der Waals surface area contributed by atoms with Crippen LogP contribution in [0.4, 0.5) is 11.5 Å². The Kier molecular flexibility index (Phi) is 1.87. The van der Waals surface area contributed by atoms with Crippen LogP contribution in [0.5, 0.6) is 0 Å². The van der Waals surface area contributed by atoms with Gasteiger partial charge in [-0.1, -0.05) is 13.8 Å². The molecule has 70 valence electrons. The van der Waals surface area contributed by atoms with Gasteiger partial charge in [0.15, 0.2) is 0 Å². The summed E-state index contributed by atoms with van der Waals surface area (Å²) in [6.07, 6.45) is 1.81. The molecule has 2 heterocycles. The van der Waals surface area contributed by atoms with Gasteiger partial charge in [0.1, 0.15) is 5.82 Å². The van der Waals surface area contributed by atoms with E-state index in [1.165, 1.54) is 0 Å². The van der Waals surface area contributed by atoms with Gasteiger partial charge in [0.25, 0.3) is 0 Å². The van der Waals surface area contributed by atoms with E-state index in [2.05, 4.69) is 35.5 Å². The fraction of sp³-hybridized carbons (Fsp3) is 0.500. The van der Waals surface area contributed by atoms with Crippen molar-refractivity contribution in [3.8, 4) is 0 Å². The van der Waals surface area contributed by atoms with Crippen LogP contribution in [0, 0.1) is 5.41 Å². The molecule has 0 aliphatic carbocycles. The molecule has 2 rings (SSSR count). The molecule has 0 amide bonds. The van der Waals surface area contributed by atoms with Crippen LogP contribution in [-0.2, 0) is 0 Å². The minimum absolute atomic E-state index is 0.278. The molecule has 0 bridgehead atoms. The molecule has 2 N–H and O–H groups in total. The average Bonchev–Trinajstić information content (AvgIpc) is 2.27. The van der Waals surface area contributed by atoms with E-state index in [9.17, 15) is 0 Å². The van der Waals surface area contributed by atoms with Gasteiger partial charge >= 0.3 is 0 Å². The number of aromatic nitrogens is 1. The largest absolute Gasteiger partial charge is 0.381 e. The normalized spacial score (nSPS) is 19.2. The van der Waals surface area contributed by atoms with E-state index >= 15 is 0 Å². The van der Waals surface area contributed by atoms with Gasteiger partial charge in [-0.2, -0.15) is 0 Å². The summed E-state index contributed by atoms with van der Waals surface area (Å²) < 4.78 is 0. The summed E-state index contributed by atoms with van der Waals surface area (Å²) in [6.45, 7) is 6.42. The number of fused-ring (bicyclic) bond motifs is 1. The van der Waals surface area contributed by atoms with Crippen LogP contribution in [0.25, 0.3) is 0 Å². The zero-order valence-corrected chi connectivity index (χ0v) is 8.09. The van der Waals surface area contributed by atoms with Gasteiger partial charge in [0.2, 0.25) is 0 Å². The van der Waals surface area contributed by atoms with Gasteiger partial charge in [0, 0.05) is 19.3 Å². The molecule has 0 fully saturated rings. The van der Waals surface area contributed by atoms with Crippen LogP contribution in [0.1, 0.15) is 13.8 Å². The highest BCUT2D eigenvalue weighted by atomic mass is 15.1. The molecule has 0 spiro atoms. The lowest BCUT2D eigenvalue weighted by atomic mass is 9.94. The van der Waals surface area contributed by atoms with E-state index in [0.717, 1.165) is 24.6 Å². The molecule has 0 atom stereocenters. The summed E-state index contributed by atoms with van der Waals surface area (Å²) in [6, 6.07) is 4.00. The second kappa shape index (κ2) is 2.91. The maximum Gasteiger partial charge on any atom is 0.149 e. The Bertz CT molecular complexity index is 278. The lowest BCUT2D eigenvalue weighted by Gasteiger charge is -2.21. The SMILES string of the molecule is CC1(C)CNc2cccnc2NC1. The van der Waals surface area contributed by atoms with Crippen molar-refractivity contribution < 1.29 is 0 Å². The van der Waals surface area contributed by atoms with Crippen LogP contribution in [0.15, 0.2) is 18.3 Å². The van der Waals surface area contributed by atoms with Crippen LogP contribution < -0.4 is 10.6 Å². The molecule has 1 aliphatic rings. The predicted molar refractivity (Wildman–Crippen MR) is 55.0 cm³/mol. The van der Waals surface area contributed by atoms with Crippen LogP contribution in [0.3, 0.4) is 0 Å². The number of rotatable bonds is 0. The van der Waals surface area contributed by atoms with Crippen molar-refractivity contribution in [1.29, 1.82) is 0 Å². The third kappa shape index (κ3) is 1.74. The Labute approximate surface area is 78.6 Å². The number of hydrogen-bond acceptors (Lipinski definition) is 3. The van der Waals surface area contributed by atoms with E-state index in [4.69, 9.17) is 0 Å². The second-order valence-corrected chi connectivity index (χ2v) is 4.27. The summed E-state index contributed by atoms with van der Waals surface area (Å²) in [5.41, 5.74) is 1.38. The van der Waals surface area contributed by atoms with E-state index in [0.29, 0.717) is 0 Å². The number of nitrogens with one attached hydrogen (secondary N) is 2. The molecule has 0 unspecified atom stereocenters. The highest BCUT2D eigenvalue weighted by molar-refractivity contribution is 5.64. The van der Waals surface area contributed by atoms with Crippen molar-refractivity contribution in [2.24, 2.45) is 5.41 Å². The van der Waals surface area contributed by atoms with Crippen molar-refractivity contribution in [2.75, 3.05) is 23.7 Å². The van der Waals surface area contributed by atoms with E-state index in [1.54, 1.807) is 0 Å². The van der Waals surface area contributed by atoms with Crippen molar-refractivity contribution in [2.45, 2.75) is 13.8 Å². The lowest BCUT2D eigenvalue weighted by Crippen LogP contribution is -2.27. The quantitative estimate of drug-likeness (QED) is 0.636. The Hall–Kier alpha value is -1.25. The van der Waals surface area contributed by atoms with E-state index in [-0.39, 0.29) is 5.41 Å². The van der Waals surface area contributed by atoms with E-state index in [1.807, 2.05) is 12.3 Å². The molecule has 1 aliphatic heterocycles. The molecule has 3 heteroatoms. The minimum Gasteiger partial charge on any atom is -0.381 e. The number of pyridine rings is 1. The first-order chi connectivity index (χ1) is 6.17. The summed E-state index contributed by atoms with van der Waals surface area (Å²) >= 11 is 0. The molecule has 3 nitrogen and oxygen atoms in total. The highest BCUT2D eigenvalue weighted by Gasteiger charge is 2.21. The van der Waals surface area contributed by atoms with Crippen molar-refractivity contribution >= 4 is 11.5 Å². The number of anilines is 2. The molecule has 1 aromatic heterocycles. The van der Waals surface area contributed by atoms with Crippen LogP contribution in [-0.4, -0.2) is 18.1 Å². The third-order valence-electron chi connectivity index (χ3n) is 2.30. The minimum atomic E-state index is 0.278. The summed E-state index contributed by atoms with van der Waals surface area (Å²) in [7, 11) is 0. The van der Waals surface area contributed by atoms with Gasteiger partial charge in [0.05, 0.1) is 5.69 Å². The zero-order valence-electron chi connectivity index (χ0n) is 8.09. The third-order valence-corrected chi connectivity index (χ3v) is 2.30. The Morgan fingerprint density at radius 1 is 1.31 bits per heavy atom. The summed E-state index contributed by atoms with van der Waals surface area (Å²) in [5.74, 6) is 0.966. The molecular formula is C10H15N3. The maximum atomic E-state index is 4.27. The molecular weight excluding hydrogens is 162 g/mol. The van der Waals surface area contributed by atoms with Crippen molar-refractivity contribution in [3.63, 3.8) is 0 Å². The fourth-order valence-electron chi connectivity index (χ4n) is 1.41. The Balaban J connectivity index is 2.27. The first kappa shape index (κ1) is 8.35. The van der Waals surface area contributed by atoms with Gasteiger partial charge in [-0.05, 0) is 17.5 Å². The zero-order chi connectivity index (χ0) is 9.31. The maximum absolute atomic E-state index is 4.27. The second-order valence-electron chi connectivity index (χ2n) is 4.27. The standard InChI is InChI=1S/C10H15N3/c1-10(2)6-12-8-4-3-5-11-9(8)13-7-10/h3-5,12H,6-7H2,1-2H3,(H,11,13). The summed E-state index contributed by atoms with van der Waals surface area (Å²) in [4.78, 5) is 4.27. The first-order valence-corrected chi connectivity index (χ1v) is 4.60. The fourth-order valence-corrected chi connectivity index (χ4v) is 1.41. The summed E-state index contributed by atoms with van der Waals surface area (Å²) in [5, 5.41) is 6.73. The first-order valence-electron chi connectivity index (χ1n) is 4.60. The van der Waals surface area contributed by atoms with Gasteiger partial charge < -0.3 is 10.6 Å². The van der Waals surface area contributed by atoms with E-state index < -0.39 is 0 Å². The molecule has 0 saturated heterocycles. The van der Waals surface area contributed by atoms with Gasteiger partial charge in [-0.3, -0.25) is 0 Å². The molecule has 0 aromatic carbocycles. The Morgan fingerprint density at radius 2 is 2.08 bits per heavy atom. The number of hydrogen-bond donors (Lipinski definition) is 2. The van der Waals surface area contributed by atoms with Gasteiger partial charge in [-0.25, -0.2) is 4.98 Å². The molecule has 0 saturated carbocycles. The molecule has 13 heavy (non-hydrogen) atoms. The average molecular weight is 177 g/mol. The Morgan fingerprint density at radius 3 is 2.92 bits per heavy atom. The predicted octanol–water partition coefficient (Wildman–Crippen LogP) is 1.95.